The summed E-state index contributed by atoms with van der Waals surface area (Å²) in [4.78, 5) is 2.51. The van der Waals surface area contributed by atoms with Gasteiger partial charge in [0.15, 0.2) is 0 Å². The number of nitrogens with zero attached hydrogens (tertiary/aromatic N) is 1. The van der Waals surface area contributed by atoms with Gasteiger partial charge in [-0.2, -0.15) is 0 Å². The monoisotopic (exact) mass is 278 g/mol. The molecule has 0 radical (unpaired) electrons. The van der Waals surface area contributed by atoms with Crippen LogP contribution in [0.4, 0.5) is 4.39 Å². The lowest BCUT2D eigenvalue weighted by Gasteiger charge is -2.39. The number of benzene rings is 1. The summed E-state index contributed by atoms with van der Waals surface area (Å²) in [5.74, 6) is 0.644. The molecule has 3 heteroatoms. The third-order valence-corrected chi connectivity index (χ3v) is 4.40. The minimum Gasteiger partial charge on any atom is -0.309 e. The number of likely N-dealkylation sites (tertiary alicyclic amines) is 1. The van der Waals surface area contributed by atoms with Crippen LogP contribution in [0.3, 0.4) is 0 Å². The van der Waals surface area contributed by atoms with Crippen molar-refractivity contribution in [3.05, 3.63) is 35.6 Å². The maximum atomic E-state index is 14.0. The van der Waals surface area contributed by atoms with Crippen molar-refractivity contribution < 1.29 is 4.39 Å². The first-order chi connectivity index (χ1) is 9.61. The van der Waals surface area contributed by atoms with Crippen molar-refractivity contribution in [2.24, 2.45) is 5.92 Å². The Hall–Kier alpha value is -0.930. The van der Waals surface area contributed by atoms with Gasteiger partial charge in [0.25, 0.3) is 0 Å². The molecular weight excluding hydrogens is 251 g/mol. The number of hydrogen-bond donors (Lipinski definition) is 1. The summed E-state index contributed by atoms with van der Waals surface area (Å²) in [5.41, 5.74) is 0.791. The summed E-state index contributed by atoms with van der Waals surface area (Å²) >= 11 is 0. The Balaban J connectivity index is 2.11. The van der Waals surface area contributed by atoms with Gasteiger partial charge in [0, 0.05) is 30.7 Å². The molecule has 1 N–H and O–H groups in total. The Morgan fingerprint density at radius 3 is 2.75 bits per heavy atom. The van der Waals surface area contributed by atoms with Crippen LogP contribution < -0.4 is 5.32 Å². The van der Waals surface area contributed by atoms with Crippen molar-refractivity contribution in [3.63, 3.8) is 0 Å². The third kappa shape index (κ3) is 3.80. The molecule has 1 saturated heterocycles. The van der Waals surface area contributed by atoms with E-state index in [-0.39, 0.29) is 11.9 Å². The molecule has 0 amide bonds. The van der Waals surface area contributed by atoms with E-state index in [2.05, 4.69) is 31.0 Å². The van der Waals surface area contributed by atoms with Gasteiger partial charge < -0.3 is 5.32 Å². The molecule has 2 nitrogen and oxygen atoms in total. The van der Waals surface area contributed by atoms with E-state index in [4.69, 9.17) is 0 Å². The second-order valence-corrected chi connectivity index (χ2v) is 6.12. The number of hydrogen-bond acceptors (Lipinski definition) is 2. The summed E-state index contributed by atoms with van der Waals surface area (Å²) in [7, 11) is 0. The highest BCUT2D eigenvalue weighted by molar-refractivity contribution is 5.21. The average Bonchev–Trinajstić information content (AvgIpc) is 2.43. The first kappa shape index (κ1) is 15.5. The zero-order chi connectivity index (χ0) is 14.5. The van der Waals surface area contributed by atoms with Gasteiger partial charge >= 0.3 is 0 Å². The molecule has 3 unspecified atom stereocenters. The molecule has 0 aliphatic carbocycles. The summed E-state index contributed by atoms with van der Waals surface area (Å²) in [6.45, 7) is 9.55. The maximum absolute atomic E-state index is 14.0. The Morgan fingerprint density at radius 2 is 2.05 bits per heavy atom. The fourth-order valence-corrected chi connectivity index (χ4v) is 3.15. The van der Waals surface area contributed by atoms with Crippen LogP contribution in [-0.4, -0.2) is 30.6 Å². The largest absolute Gasteiger partial charge is 0.309 e. The van der Waals surface area contributed by atoms with Crippen molar-refractivity contribution in [3.8, 4) is 0 Å². The lowest BCUT2D eigenvalue weighted by Crippen LogP contribution is -2.45. The normalized spacial score (nSPS) is 25.6. The number of nitrogens with one attached hydrogen (secondary N) is 1. The molecule has 3 atom stereocenters. The Bertz CT molecular complexity index is 421. The molecule has 0 aromatic heterocycles. The predicted molar refractivity (Wildman–Crippen MR) is 82.3 cm³/mol. The molecular formula is C17H27FN2. The van der Waals surface area contributed by atoms with Crippen LogP contribution >= 0.6 is 0 Å². The minimum atomic E-state index is -0.101. The molecule has 1 aliphatic heterocycles. The van der Waals surface area contributed by atoms with Crippen LogP contribution in [-0.2, 0) is 0 Å². The van der Waals surface area contributed by atoms with E-state index in [0.29, 0.717) is 6.04 Å². The van der Waals surface area contributed by atoms with E-state index in [9.17, 15) is 4.39 Å². The van der Waals surface area contributed by atoms with Gasteiger partial charge in [0.2, 0.25) is 0 Å². The highest BCUT2D eigenvalue weighted by Gasteiger charge is 2.26. The molecule has 2 rings (SSSR count). The molecule has 1 heterocycles. The zero-order valence-corrected chi connectivity index (χ0v) is 12.9. The number of piperidine rings is 1. The first-order valence-electron chi connectivity index (χ1n) is 7.83. The van der Waals surface area contributed by atoms with Crippen molar-refractivity contribution in [1.29, 1.82) is 0 Å². The summed E-state index contributed by atoms with van der Waals surface area (Å²) in [5, 5.41) is 3.44. The van der Waals surface area contributed by atoms with Crippen molar-refractivity contribution in [2.45, 2.75) is 45.7 Å². The highest BCUT2D eigenvalue weighted by Crippen LogP contribution is 2.25. The fourth-order valence-electron chi connectivity index (χ4n) is 3.15. The SMILES string of the molecule is CCNC(CN1CC(C)CCC1C)c1ccccc1F. The van der Waals surface area contributed by atoms with Crippen molar-refractivity contribution >= 4 is 0 Å². The topological polar surface area (TPSA) is 15.3 Å². The fraction of sp³-hybridized carbons (Fsp3) is 0.647. The quantitative estimate of drug-likeness (QED) is 0.885. The molecule has 1 aromatic carbocycles. The van der Waals surface area contributed by atoms with Crippen LogP contribution in [0.5, 0.6) is 0 Å². The summed E-state index contributed by atoms with van der Waals surface area (Å²) in [6, 6.07) is 7.81. The average molecular weight is 278 g/mol. The van der Waals surface area contributed by atoms with Crippen LogP contribution in [0.15, 0.2) is 24.3 Å². The van der Waals surface area contributed by atoms with Gasteiger partial charge in [0.05, 0.1) is 0 Å². The van der Waals surface area contributed by atoms with Gasteiger partial charge in [-0.15, -0.1) is 0 Å². The smallest absolute Gasteiger partial charge is 0.128 e. The molecule has 112 valence electrons. The van der Waals surface area contributed by atoms with Crippen LogP contribution in [0.2, 0.25) is 0 Å². The Labute approximate surface area is 122 Å². The Kier molecular flexibility index (Phi) is 5.55. The third-order valence-electron chi connectivity index (χ3n) is 4.40. The standard InChI is InChI=1S/C17H27FN2/c1-4-19-17(15-7-5-6-8-16(15)18)12-20-11-13(2)9-10-14(20)3/h5-8,13-14,17,19H,4,9-12H2,1-3H3. The first-order valence-corrected chi connectivity index (χ1v) is 7.83. The van der Waals surface area contributed by atoms with Crippen LogP contribution in [0.25, 0.3) is 0 Å². The molecule has 1 fully saturated rings. The van der Waals surface area contributed by atoms with E-state index in [1.165, 1.54) is 12.8 Å². The minimum absolute atomic E-state index is 0.0777. The Morgan fingerprint density at radius 1 is 1.30 bits per heavy atom. The lowest BCUT2D eigenvalue weighted by molar-refractivity contribution is 0.111. The van der Waals surface area contributed by atoms with Gasteiger partial charge in [0.1, 0.15) is 5.82 Å². The van der Waals surface area contributed by atoms with Crippen LogP contribution in [0.1, 0.15) is 45.2 Å². The van der Waals surface area contributed by atoms with E-state index in [0.717, 1.165) is 31.1 Å². The lowest BCUT2D eigenvalue weighted by atomic mass is 9.94. The maximum Gasteiger partial charge on any atom is 0.128 e. The molecule has 1 aliphatic rings. The van der Waals surface area contributed by atoms with E-state index in [1.807, 2.05) is 12.1 Å². The van der Waals surface area contributed by atoms with Crippen molar-refractivity contribution in [1.82, 2.24) is 10.2 Å². The molecule has 20 heavy (non-hydrogen) atoms. The van der Waals surface area contributed by atoms with Gasteiger partial charge in [-0.3, -0.25) is 4.90 Å². The molecule has 0 saturated carbocycles. The van der Waals surface area contributed by atoms with Crippen LogP contribution in [0, 0.1) is 11.7 Å². The zero-order valence-electron chi connectivity index (χ0n) is 12.9. The van der Waals surface area contributed by atoms with Crippen molar-refractivity contribution in [2.75, 3.05) is 19.6 Å². The molecule has 0 spiro atoms. The molecule has 1 aromatic rings. The highest BCUT2D eigenvalue weighted by atomic mass is 19.1. The van der Waals surface area contributed by atoms with E-state index < -0.39 is 0 Å². The number of rotatable bonds is 5. The second kappa shape index (κ2) is 7.19. The van der Waals surface area contributed by atoms with E-state index in [1.54, 1.807) is 12.1 Å². The predicted octanol–water partition coefficient (Wildman–Crippen LogP) is 3.60. The summed E-state index contributed by atoms with van der Waals surface area (Å²) < 4.78 is 14.0. The number of halogens is 1. The van der Waals surface area contributed by atoms with E-state index >= 15 is 0 Å². The number of likely N-dealkylation sites (N-methyl/N-ethyl adjacent to an activating group) is 1. The molecule has 0 bridgehead atoms. The van der Waals surface area contributed by atoms with Gasteiger partial charge in [-0.1, -0.05) is 32.0 Å². The summed E-state index contributed by atoms with van der Waals surface area (Å²) in [6.07, 6.45) is 2.56. The van der Waals surface area contributed by atoms with Gasteiger partial charge in [-0.05, 0) is 38.3 Å². The van der Waals surface area contributed by atoms with Gasteiger partial charge in [-0.25, -0.2) is 4.39 Å². The second-order valence-electron chi connectivity index (χ2n) is 6.12.